The summed E-state index contributed by atoms with van der Waals surface area (Å²) in [4.78, 5) is 0. The quantitative estimate of drug-likeness (QED) is 0.503. The van der Waals surface area contributed by atoms with Crippen LogP contribution < -0.4 is 0 Å². The van der Waals surface area contributed by atoms with Crippen LogP contribution in [0.2, 0.25) is 0 Å². The molecular weight excluding hydrogens is 119 g/mol. The van der Waals surface area contributed by atoms with E-state index in [2.05, 4.69) is 25.0 Å². The molecule has 1 heterocycles. The van der Waals surface area contributed by atoms with E-state index in [0.29, 0.717) is 0 Å². The minimum atomic E-state index is 1.30. The Kier molecular flexibility index (Phi) is 1.58. The van der Waals surface area contributed by atoms with Crippen molar-refractivity contribution in [2.24, 2.45) is 0 Å². The molecule has 1 heteroatoms. The fourth-order valence-corrected chi connectivity index (χ4v) is 1.68. The van der Waals surface area contributed by atoms with Crippen LogP contribution in [0.15, 0.2) is 18.1 Å². The Morgan fingerprint density at radius 3 is 3.00 bits per heavy atom. The van der Waals surface area contributed by atoms with Gasteiger partial charge in [-0.3, -0.25) is 0 Å². The summed E-state index contributed by atoms with van der Waals surface area (Å²) in [7, 11) is 0. The molecule has 0 unspecified atom stereocenters. The van der Waals surface area contributed by atoms with Crippen LogP contribution in [0.1, 0.15) is 23.9 Å². The topological polar surface area (TPSA) is 0 Å². The number of fused-ring (bicyclic) bond motifs is 1. The van der Waals surface area contributed by atoms with E-state index in [1.165, 1.54) is 25.7 Å². The van der Waals surface area contributed by atoms with Crippen LogP contribution in [0.3, 0.4) is 0 Å². The first-order valence-electron chi connectivity index (χ1n) is 4.03. The molecule has 0 nitrogen and oxygen atoms in total. The van der Waals surface area contributed by atoms with Gasteiger partial charge in [0.15, 0.2) is 0 Å². The van der Waals surface area contributed by atoms with E-state index in [4.69, 9.17) is 0 Å². The third kappa shape index (κ3) is 1.01. The Bertz CT molecular complexity index is 205. The van der Waals surface area contributed by atoms with Crippen LogP contribution in [-0.4, -0.2) is 6.91 Å². The molecule has 0 aliphatic heterocycles. The molecule has 0 amide bonds. The standard InChI is InChI=1S/C9H11B/c1-2-6-9-8(4-1)5-3-7-10-9/h3,5,7H,1-2,4,6H2. The molecule has 50 valence electrons. The summed E-state index contributed by atoms with van der Waals surface area (Å²) >= 11 is 0. The summed E-state index contributed by atoms with van der Waals surface area (Å²) in [6.45, 7) is 2.26. The average molecular weight is 130 g/mol. The van der Waals surface area contributed by atoms with Crippen LogP contribution in [-0.2, 0) is 12.8 Å². The van der Waals surface area contributed by atoms with E-state index in [1.807, 2.05) is 0 Å². The summed E-state index contributed by atoms with van der Waals surface area (Å²) in [6, 6.07) is 4.40. The maximum atomic E-state index is 2.26. The number of rotatable bonds is 0. The minimum absolute atomic E-state index is 1.30. The fraction of sp³-hybridized carbons (Fsp3) is 0.444. The first-order chi connectivity index (χ1) is 4.97. The molecule has 0 fully saturated rings. The van der Waals surface area contributed by atoms with Crippen molar-refractivity contribution in [2.45, 2.75) is 25.7 Å². The van der Waals surface area contributed by atoms with Gasteiger partial charge in [0, 0.05) is 0 Å². The molecule has 1 aromatic heterocycles. The van der Waals surface area contributed by atoms with Crippen molar-refractivity contribution < 1.29 is 0 Å². The predicted molar refractivity (Wildman–Crippen MR) is 44.4 cm³/mol. The van der Waals surface area contributed by atoms with Crippen molar-refractivity contribution in [1.29, 1.82) is 0 Å². The van der Waals surface area contributed by atoms with Crippen molar-refractivity contribution in [2.75, 3.05) is 0 Å². The third-order valence-corrected chi connectivity index (χ3v) is 2.26. The van der Waals surface area contributed by atoms with Crippen LogP contribution >= 0.6 is 0 Å². The van der Waals surface area contributed by atoms with E-state index in [1.54, 1.807) is 11.0 Å². The zero-order chi connectivity index (χ0) is 6.81. The van der Waals surface area contributed by atoms with Crippen LogP contribution in [0.25, 0.3) is 0 Å². The van der Waals surface area contributed by atoms with Gasteiger partial charge in [0.05, 0.1) is 0 Å². The van der Waals surface area contributed by atoms with Crippen molar-refractivity contribution in [3.8, 4) is 0 Å². The van der Waals surface area contributed by atoms with Gasteiger partial charge in [0.25, 0.3) is 0 Å². The van der Waals surface area contributed by atoms with Crippen LogP contribution in [0.5, 0.6) is 0 Å². The van der Waals surface area contributed by atoms with Gasteiger partial charge in [-0.15, -0.1) is 0 Å². The van der Waals surface area contributed by atoms with Crippen LogP contribution in [0.4, 0.5) is 0 Å². The van der Waals surface area contributed by atoms with Gasteiger partial charge in [-0.1, -0.05) is 0 Å². The van der Waals surface area contributed by atoms with Gasteiger partial charge in [-0.25, -0.2) is 0 Å². The molecule has 0 aromatic carbocycles. The Morgan fingerprint density at radius 1 is 1.20 bits per heavy atom. The van der Waals surface area contributed by atoms with Crippen molar-refractivity contribution in [1.82, 2.24) is 0 Å². The third-order valence-electron chi connectivity index (χ3n) is 2.26. The zero-order valence-corrected chi connectivity index (χ0v) is 6.14. The molecule has 0 saturated carbocycles. The van der Waals surface area contributed by atoms with Gasteiger partial charge in [-0.05, 0) is 0 Å². The monoisotopic (exact) mass is 130 g/mol. The fourth-order valence-electron chi connectivity index (χ4n) is 1.68. The predicted octanol–water partition coefficient (Wildman–Crippen LogP) is 1.90. The number of hydrogen-bond donors (Lipinski definition) is 0. The van der Waals surface area contributed by atoms with E-state index in [-0.39, 0.29) is 0 Å². The van der Waals surface area contributed by atoms with E-state index in [0.717, 1.165) is 0 Å². The average Bonchev–Trinajstić information content (AvgIpc) is 2.05. The van der Waals surface area contributed by atoms with Gasteiger partial charge < -0.3 is 0 Å². The number of hydrogen-bond acceptors (Lipinski definition) is 0. The maximum absolute atomic E-state index is 2.26. The van der Waals surface area contributed by atoms with Gasteiger partial charge in [0.2, 0.25) is 0 Å². The van der Waals surface area contributed by atoms with E-state index in [9.17, 15) is 0 Å². The summed E-state index contributed by atoms with van der Waals surface area (Å²) in [5.74, 6) is 2.14. The summed E-state index contributed by atoms with van der Waals surface area (Å²) in [5.41, 5.74) is 3.16. The zero-order valence-electron chi connectivity index (χ0n) is 6.14. The molecule has 0 N–H and O–H groups in total. The molecule has 1 aliphatic carbocycles. The second-order valence-electron chi connectivity index (χ2n) is 2.98. The normalized spacial score (nSPS) is 16.0. The molecule has 0 radical (unpaired) electrons. The Hall–Kier alpha value is -0.585. The molecule has 1 aliphatic rings. The molecule has 0 saturated heterocycles. The molecule has 10 heavy (non-hydrogen) atoms. The SMILES string of the molecule is b1cccc2c1CCCC2. The van der Waals surface area contributed by atoms with Crippen LogP contribution in [0, 0.1) is 0 Å². The molecule has 0 atom stereocenters. The van der Waals surface area contributed by atoms with Crippen molar-refractivity contribution >= 4 is 6.91 Å². The van der Waals surface area contributed by atoms with Crippen molar-refractivity contribution in [3.63, 3.8) is 0 Å². The van der Waals surface area contributed by atoms with Gasteiger partial charge >= 0.3 is 61.7 Å². The summed E-state index contributed by atoms with van der Waals surface area (Å²) < 4.78 is 0. The Labute approximate surface area is 62.5 Å². The van der Waals surface area contributed by atoms with Crippen molar-refractivity contribution in [3.05, 3.63) is 29.1 Å². The second kappa shape index (κ2) is 2.57. The van der Waals surface area contributed by atoms with E-state index >= 15 is 0 Å². The summed E-state index contributed by atoms with van der Waals surface area (Å²) in [5, 5.41) is 0. The first kappa shape index (κ1) is 6.15. The van der Waals surface area contributed by atoms with Gasteiger partial charge in [-0.2, -0.15) is 0 Å². The summed E-state index contributed by atoms with van der Waals surface area (Å²) in [6.07, 6.45) is 5.38. The van der Waals surface area contributed by atoms with E-state index < -0.39 is 0 Å². The molecular formula is C9H11B. The molecule has 2 rings (SSSR count). The molecule has 0 spiro atoms. The second-order valence-corrected chi connectivity index (χ2v) is 2.98. The Balaban J connectivity index is 2.41. The Morgan fingerprint density at radius 2 is 2.10 bits per heavy atom. The molecule has 1 aromatic rings. The first-order valence-corrected chi connectivity index (χ1v) is 4.03. The number of aryl methyl sites for hydroxylation is 2. The molecule has 0 bridgehead atoms. The van der Waals surface area contributed by atoms with Gasteiger partial charge in [0.1, 0.15) is 0 Å².